The lowest BCUT2D eigenvalue weighted by molar-refractivity contribution is -0.203. The van der Waals surface area contributed by atoms with Crippen molar-refractivity contribution >= 4 is 5.78 Å². The summed E-state index contributed by atoms with van der Waals surface area (Å²) in [5.41, 5.74) is 0.495. The molecular formula is C16H14O5. The zero-order valence-corrected chi connectivity index (χ0v) is 11.3. The zero-order chi connectivity index (χ0) is 15.0. The topological polar surface area (TPSA) is 76.0 Å². The molecule has 2 unspecified atom stereocenters. The number of ether oxygens (including phenoxy) is 2. The second-order valence-electron chi connectivity index (χ2n) is 4.79. The van der Waals surface area contributed by atoms with E-state index < -0.39 is 17.7 Å². The van der Waals surface area contributed by atoms with Gasteiger partial charge in [-0.1, -0.05) is 30.3 Å². The summed E-state index contributed by atoms with van der Waals surface area (Å²) in [6.45, 7) is 0. The number of aliphatic hydroxyl groups excluding tert-OH is 1. The van der Waals surface area contributed by atoms with E-state index in [1.54, 1.807) is 36.4 Å². The van der Waals surface area contributed by atoms with Crippen molar-refractivity contribution < 1.29 is 24.5 Å². The van der Waals surface area contributed by atoms with Gasteiger partial charge in [0.1, 0.15) is 11.5 Å². The van der Waals surface area contributed by atoms with Crippen LogP contribution in [0.25, 0.3) is 0 Å². The third-order valence-corrected chi connectivity index (χ3v) is 3.52. The van der Waals surface area contributed by atoms with E-state index in [1.165, 1.54) is 19.2 Å². The van der Waals surface area contributed by atoms with Crippen molar-refractivity contribution in [3.05, 3.63) is 59.7 Å². The van der Waals surface area contributed by atoms with Crippen LogP contribution in [-0.2, 0) is 5.79 Å². The number of hydrogen-bond acceptors (Lipinski definition) is 5. The first kappa shape index (κ1) is 13.6. The Morgan fingerprint density at radius 3 is 2.57 bits per heavy atom. The molecule has 0 saturated heterocycles. The molecule has 1 aliphatic rings. The van der Waals surface area contributed by atoms with Crippen molar-refractivity contribution in [2.75, 3.05) is 7.11 Å². The maximum absolute atomic E-state index is 12.3. The van der Waals surface area contributed by atoms with Crippen LogP contribution in [0, 0.1) is 0 Å². The smallest absolute Gasteiger partial charge is 0.268 e. The van der Waals surface area contributed by atoms with Crippen LogP contribution in [0.1, 0.15) is 15.9 Å². The first-order valence-corrected chi connectivity index (χ1v) is 6.43. The van der Waals surface area contributed by atoms with Crippen molar-refractivity contribution in [2.24, 2.45) is 0 Å². The van der Waals surface area contributed by atoms with E-state index in [0.29, 0.717) is 11.3 Å². The number of Topliss-reactive ketones (excluding diaryl/α,β-unsaturated/α-hetero) is 1. The van der Waals surface area contributed by atoms with E-state index >= 15 is 0 Å². The molecule has 21 heavy (non-hydrogen) atoms. The molecule has 2 N–H and O–H groups in total. The van der Waals surface area contributed by atoms with Crippen molar-refractivity contribution in [3.8, 4) is 11.5 Å². The van der Waals surface area contributed by atoms with E-state index in [2.05, 4.69) is 0 Å². The predicted molar refractivity (Wildman–Crippen MR) is 74.3 cm³/mol. The van der Waals surface area contributed by atoms with Gasteiger partial charge in [-0.2, -0.15) is 0 Å². The van der Waals surface area contributed by atoms with Gasteiger partial charge in [-0.15, -0.1) is 0 Å². The molecule has 2 aromatic rings. The molecule has 108 valence electrons. The van der Waals surface area contributed by atoms with E-state index in [9.17, 15) is 15.0 Å². The van der Waals surface area contributed by atoms with Crippen molar-refractivity contribution in [3.63, 3.8) is 0 Å². The molecule has 2 aromatic carbocycles. The Bertz CT molecular complexity index is 682. The van der Waals surface area contributed by atoms with Gasteiger partial charge < -0.3 is 19.7 Å². The van der Waals surface area contributed by atoms with Crippen molar-refractivity contribution in [1.82, 2.24) is 0 Å². The number of aliphatic hydroxyl groups is 2. The summed E-state index contributed by atoms with van der Waals surface area (Å²) >= 11 is 0. The fraction of sp³-hybridized carbons (Fsp3) is 0.188. The third kappa shape index (κ3) is 2.07. The molecule has 0 radical (unpaired) electrons. The number of methoxy groups -OCH3 is 1. The minimum Gasteiger partial charge on any atom is -0.497 e. The molecule has 0 aliphatic carbocycles. The lowest BCUT2D eigenvalue weighted by Gasteiger charge is -2.37. The molecule has 0 bridgehead atoms. The van der Waals surface area contributed by atoms with E-state index in [0.717, 1.165) is 0 Å². The summed E-state index contributed by atoms with van der Waals surface area (Å²) in [7, 11) is 1.48. The first-order valence-electron chi connectivity index (χ1n) is 6.43. The highest BCUT2D eigenvalue weighted by Crippen LogP contribution is 2.39. The van der Waals surface area contributed by atoms with Gasteiger partial charge in [0.25, 0.3) is 5.79 Å². The second-order valence-corrected chi connectivity index (χ2v) is 4.79. The summed E-state index contributed by atoms with van der Waals surface area (Å²) in [5, 5.41) is 20.8. The fourth-order valence-corrected chi connectivity index (χ4v) is 2.36. The molecule has 0 fully saturated rings. The van der Waals surface area contributed by atoms with Gasteiger partial charge in [-0.25, -0.2) is 0 Å². The van der Waals surface area contributed by atoms with Gasteiger partial charge >= 0.3 is 0 Å². The maximum atomic E-state index is 12.3. The summed E-state index contributed by atoms with van der Waals surface area (Å²) in [5.74, 6) is -2.03. The van der Waals surface area contributed by atoms with Crippen LogP contribution in [-0.4, -0.2) is 29.2 Å². The highest BCUT2D eigenvalue weighted by Gasteiger charge is 2.49. The number of rotatable bonds is 2. The largest absolute Gasteiger partial charge is 0.497 e. The maximum Gasteiger partial charge on any atom is 0.268 e. The number of ketones is 1. The average molecular weight is 286 g/mol. The van der Waals surface area contributed by atoms with Gasteiger partial charge in [-0.05, 0) is 18.2 Å². The van der Waals surface area contributed by atoms with Crippen LogP contribution in [0.15, 0.2) is 48.5 Å². The number of fused-ring (bicyclic) bond motifs is 1. The van der Waals surface area contributed by atoms with Gasteiger partial charge in [0, 0.05) is 5.56 Å². The predicted octanol–water partition coefficient (Wildman–Crippen LogP) is 1.48. The van der Waals surface area contributed by atoms with Crippen LogP contribution >= 0.6 is 0 Å². The van der Waals surface area contributed by atoms with Crippen molar-refractivity contribution in [1.29, 1.82) is 0 Å². The summed E-state index contributed by atoms with van der Waals surface area (Å²) in [6.07, 6.45) is -1.71. The Morgan fingerprint density at radius 2 is 1.90 bits per heavy atom. The SMILES string of the molecule is COc1ccc2c(c1)C(=O)C(O)C(O)(c1ccccc1)O2. The Hall–Kier alpha value is -2.37. The first-order chi connectivity index (χ1) is 10.1. The van der Waals surface area contributed by atoms with Crippen LogP contribution in [0.5, 0.6) is 11.5 Å². The Balaban J connectivity index is 2.10. The highest BCUT2D eigenvalue weighted by molar-refractivity contribution is 6.03. The minimum absolute atomic E-state index is 0.183. The van der Waals surface area contributed by atoms with Crippen LogP contribution in [0.4, 0.5) is 0 Å². The summed E-state index contributed by atoms with van der Waals surface area (Å²) in [6, 6.07) is 13.0. The fourth-order valence-electron chi connectivity index (χ4n) is 2.36. The molecule has 1 aliphatic heterocycles. The number of hydrogen-bond donors (Lipinski definition) is 2. The molecule has 0 spiro atoms. The molecule has 1 heterocycles. The summed E-state index contributed by atoms with van der Waals surface area (Å²) < 4.78 is 10.6. The molecule has 0 aromatic heterocycles. The highest BCUT2D eigenvalue weighted by atomic mass is 16.6. The van der Waals surface area contributed by atoms with Gasteiger partial charge in [0.2, 0.25) is 5.78 Å². The average Bonchev–Trinajstić information content (AvgIpc) is 2.53. The Kier molecular flexibility index (Phi) is 3.16. The van der Waals surface area contributed by atoms with Gasteiger partial charge in [0.05, 0.1) is 12.7 Å². The van der Waals surface area contributed by atoms with Crippen LogP contribution in [0.3, 0.4) is 0 Å². The number of carbonyl (C=O) groups excluding carboxylic acids is 1. The van der Waals surface area contributed by atoms with Gasteiger partial charge in [-0.3, -0.25) is 4.79 Å². The summed E-state index contributed by atoms with van der Waals surface area (Å²) in [4.78, 5) is 12.3. The van der Waals surface area contributed by atoms with Crippen molar-refractivity contribution in [2.45, 2.75) is 11.9 Å². The molecular weight excluding hydrogens is 272 g/mol. The number of benzene rings is 2. The molecule has 3 rings (SSSR count). The second kappa shape index (κ2) is 4.87. The lowest BCUT2D eigenvalue weighted by atomic mass is 9.90. The monoisotopic (exact) mass is 286 g/mol. The standard InChI is InChI=1S/C16H14O5/c1-20-11-7-8-13-12(9-11)14(17)15(18)16(19,21-13)10-5-3-2-4-6-10/h2-9,15,18-19H,1H3. The Labute approximate surface area is 121 Å². The third-order valence-electron chi connectivity index (χ3n) is 3.52. The van der Waals surface area contributed by atoms with E-state index in [4.69, 9.17) is 9.47 Å². The molecule has 0 saturated carbocycles. The quantitative estimate of drug-likeness (QED) is 0.874. The van der Waals surface area contributed by atoms with E-state index in [1.807, 2.05) is 0 Å². The van der Waals surface area contributed by atoms with Crippen LogP contribution < -0.4 is 9.47 Å². The van der Waals surface area contributed by atoms with Gasteiger partial charge in [0.15, 0.2) is 6.10 Å². The molecule has 5 nitrogen and oxygen atoms in total. The zero-order valence-electron chi connectivity index (χ0n) is 11.3. The minimum atomic E-state index is -2.10. The van der Waals surface area contributed by atoms with E-state index in [-0.39, 0.29) is 11.3 Å². The normalized spacial score (nSPS) is 24.1. The Morgan fingerprint density at radius 1 is 1.19 bits per heavy atom. The van der Waals surface area contributed by atoms with Crippen LogP contribution in [0.2, 0.25) is 0 Å². The molecule has 0 amide bonds. The number of carbonyl (C=O) groups is 1. The lowest BCUT2D eigenvalue weighted by Crippen LogP contribution is -2.52. The molecule has 2 atom stereocenters. The molecule has 5 heteroatoms.